The van der Waals surface area contributed by atoms with E-state index in [1.807, 2.05) is 6.92 Å². The van der Waals surface area contributed by atoms with Gasteiger partial charge in [0.2, 0.25) is 0 Å². The Hall–Kier alpha value is -2.67. The van der Waals surface area contributed by atoms with E-state index in [1.54, 1.807) is 24.3 Å². The quantitative estimate of drug-likeness (QED) is 0.374. The molecule has 0 aromatic heterocycles. The van der Waals surface area contributed by atoms with Crippen LogP contribution in [0.3, 0.4) is 0 Å². The van der Waals surface area contributed by atoms with Gasteiger partial charge in [-0.15, -0.1) is 0 Å². The van der Waals surface area contributed by atoms with Gasteiger partial charge in [-0.25, -0.2) is 9.69 Å². The lowest BCUT2D eigenvalue weighted by atomic mass is 10.1. The van der Waals surface area contributed by atoms with Gasteiger partial charge in [-0.1, -0.05) is 35.3 Å². The van der Waals surface area contributed by atoms with Crippen molar-refractivity contribution in [1.82, 2.24) is 0 Å². The van der Waals surface area contributed by atoms with Crippen LogP contribution in [-0.4, -0.2) is 37.6 Å². The second-order valence-corrected chi connectivity index (χ2v) is 6.84. The van der Waals surface area contributed by atoms with Crippen molar-refractivity contribution in [1.29, 1.82) is 0 Å². The van der Waals surface area contributed by atoms with Crippen molar-refractivity contribution in [2.75, 3.05) is 24.7 Å². The molecule has 1 heterocycles. The lowest BCUT2D eigenvalue weighted by molar-refractivity contribution is -0.119. The van der Waals surface area contributed by atoms with Gasteiger partial charge >= 0.3 is 5.97 Å². The zero-order valence-corrected chi connectivity index (χ0v) is 17.0. The van der Waals surface area contributed by atoms with Gasteiger partial charge in [-0.2, -0.15) is 0 Å². The minimum Gasteiger partial charge on any atom is -0.460 e. The summed E-state index contributed by atoms with van der Waals surface area (Å²) in [5.41, 5.74) is 1.19. The summed E-state index contributed by atoms with van der Waals surface area (Å²) >= 11 is 12.0. The van der Waals surface area contributed by atoms with Crippen LogP contribution in [-0.2, 0) is 19.1 Å². The van der Waals surface area contributed by atoms with Crippen molar-refractivity contribution >= 4 is 52.2 Å². The minimum atomic E-state index is -0.631. The van der Waals surface area contributed by atoms with Crippen molar-refractivity contribution in [3.05, 3.63) is 69.7 Å². The monoisotopic (exact) mass is 433 g/mol. The number of benzene rings is 2. The zero-order chi connectivity index (χ0) is 21.0. The number of halogens is 2. The molecule has 1 aliphatic rings. The molecule has 0 spiro atoms. The molecule has 0 unspecified atom stereocenters. The number of carbonyl (C=O) groups is 3. The fourth-order valence-corrected chi connectivity index (χ4v) is 3.17. The molecule has 8 heteroatoms. The molecule has 0 saturated carbocycles. The molecule has 29 heavy (non-hydrogen) atoms. The third-order valence-corrected chi connectivity index (χ3v) is 4.79. The molecule has 2 aromatic rings. The van der Waals surface area contributed by atoms with E-state index in [4.69, 9.17) is 32.7 Å². The molecule has 3 rings (SSSR count). The fourth-order valence-electron chi connectivity index (χ4n) is 2.77. The first-order valence-corrected chi connectivity index (χ1v) is 9.59. The number of carbonyl (C=O) groups excluding carboxylic acids is 3. The summed E-state index contributed by atoms with van der Waals surface area (Å²) in [5, 5.41) is 0.333. The van der Waals surface area contributed by atoms with Crippen LogP contribution < -0.4 is 4.90 Å². The lowest BCUT2D eigenvalue weighted by Gasteiger charge is -2.15. The number of hydrogen-bond acceptors (Lipinski definition) is 5. The maximum absolute atomic E-state index is 12.9. The second-order valence-electron chi connectivity index (χ2n) is 6.02. The third-order valence-electron chi connectivity index (χ3n) is 4.19. The number of anilines is 1. The Morgan fingerprint density at radius 3 is 2.21 bits per heavy atom. The number of esters is 1. The van der Waals surface area contributed by atoms with Gasteiger partial charge in [0.25, 0.3) is 11.8 Å². The molecule has 0 N–H and O–H groups in total. The summed E-state index contributed by atoms with van der Waals surface area (Å²) in [6.45, 7) is 2.84. The van der Waals surface area contributed by atoms with Crippen LogP contribution >= 0.6 is 23.2 Å². The topological polar surface area (TPSA) is 72.9 Å². The lowest BCUT2D eigenvalue weighted by Crippen LogP contribution is -2.31. The number of imide groups is 1. The average molecular weight is 434 g/mol. The Labute approximate surface area is 177 Å². The number of amides is 2. The van der Waals surface area contributed by atoms with Gasteiger partial charge in [-0.3, -0.25) is 9.59 Å². The standard InChI is InChI=1S/C21H17Cl2NO5/c1-2-28-11-12-29-21(27)14-5-9-16(10-6-14)24-19(25)17(18(23)20(24)26)13-3-7-15(22)8-4-13/h3-10H,2,11-12H2,1H3. The molecule has 2 aromatic carbocycles. The summed E-state index contributed by atoms with van der Waals surface area (Å²) in [5.74, 6) is -1.70. The van der Waals surface area contributed by atoms with E-state index < -0.39 is 17.8 Å². The summed E-state index contributed by atoms with van der Waals surface area (Å²) in [6, 6.07) is 12.4. The van der Waals surface area contributed by atoms with Gasteiger partial charge in [-0.05, 0) is 48.9 Å². The predicted molar refractivity (Wildman–Crippen MR) is 110 cm³/mol. The molecule has 0 fully saturated rings. The fraction of sp³-hybridized carbons (Fsp3) is 0.190. The van der Waals surface area contributed by atoms with Gasteiger partial charge in [0, 0.05) is 11.6 Å². The minimum absolute atomic E-state index is 0.104. The number of rotatable bonds is 7. The highest BCUT2D eigenvalue weighted by Gasteiger charge is 2.39. The SMILES string of the molecule is CCOCCOC(=O)c1ccc(N2C(=O)C(Cl)=C(c3ccc(Cl)cc3)C2=O)cc1. The summed E-state index contributed by atoms with van der Waals surface area (Å²) in [4.78, 5) is 38.4. The van der Waals surface area contributed by atoms with E-state index in [0.717, 1.165) is 4.90 Å². The van der Waals surface area contributed by atoms with E-state index in [0.29, 0.717) is 35.1 Å². The van der Waals surface area contributed by atoms with E-state index in [9.17, 15) is 14.4 Å². The van der Waals surface area contributed by atoms with Crippen LogP contribution in [0.25, 0.3) is 5.57 Å². The van der Waals surface area contributed by atoms with Gasteiger partial charge in [0.1, 0.15) is 11.6 Å². The number of ether oxygens (including phenoxy) is 2. The van der Waals surface area contributed by atoms with Crippen LogP contribution in [0.4, 0.5) is 5.69 Å². The zero-order valence-electron chi connectivity index (χ0n) is 15.5. The van der Waals surface area contributed by atoms with Crippen molar-refractivity contribution in [3.8, 4) is 0 Å². The van der Waals surface area contributed by atoms with Gasteiger partial charge in [0.15, 0.2) is 0 Å². The van der Waals surface area contributed by atoms with Gasteiger partial charge in [0.05, 0.1) is 23.4 Å². The van der Waals surface area contributed by atoms with E-state index >= 15 is 0 Å². The molecule has 2 amide bonds. The van der Waals surface area contributed by atoms with E-state index in [-0.39, 0.29) is 17.2 Å². The highest BCUT2D eigenvalue weighted by atomic mass is 35.5. The first-order chi connectivity index (χ1) is 13.9. The maximum Gasteiger partial charge on any atom is 0.338 e. The molecular weight excluding hydrogens is 417 g/mol. The molecular formula is C21H17Cl2NO5. The Morgan fingerprint density at radius 2 is 1.59 bits per heavy atom. The van der Waals surface area contributed by atoms with Crippen molar-refractivity contribution < 1.29 is 23.9 Å². The van der Waals surface area contributed by atoms with Crippen LogP contribution in [0.1, 0.15) is 22.8 Å². The van der Waals surface area contributed by atoms with Crippen molar-refractivity contribution in [2.24, 2.45) is 0 Å². The van der Waals surface area contributed by atoms with Crippen molar-refractivity contribution in [3.63, 3.8) is 0 Å². The van der Waals surface area contributed by atoms with Crippen LogP contribution in [0.15, 0.2) is 53.6 Å². The molecule has 1 aliphatic heterocycles. The maximum atomic E-state index is 12.9. The first kappa shape index (κ1) is 21.0. The van der Waals surface area contributed by atoms with Gasteiger partial charge < -0.3 is 9.47 Å². The van der Waals surface area contributed by atoms with E-state index in [1.165, 1.54) is 24.3 Å². The molecule has 0 radical (unpaired) electrons. The molecule has 0 saturated heterocycles. The molecule has 0 aliphatic carbocycles. The highest BCUT2D eigenvalue weighted by molar-refractivity contribution is 6.60. The molecule has 6 nitrogen and oxygen atoms in total. The Morgan fingerprint density at radius 1 is 0.931 bits per heavy atom. The largest absolute Gasteiger partial charge is 0.460 e. The predicted octanol–water partition coefficient (Wildman–Crippen LogP) is 4.06. The number of hydrogen-bond donors (Lipinski definition) is 0. The summed E-state index contributed by atoms with van der Waals surface area (Å²) in [7, 11) is 0. The Bertz CT molecular complexity index is 968. The van der Waals surface area contributed by atoms with Crippen LogP contribution in [0.5, 0.6) is 0 Å². The van der Waals surface area contributed by atoms with Crippen LogP contribution in [0.2, 0.25) is 5.02 Å². The highest BCUT2D eigenvalue weighted by Crippen LogP contribution is 2.35. The first-order valence-electron chi connectivity index (χ1n) is 8.83. The number of nitrogens with zero attached hydrogens (tertiary/aromatic N) is 1. The molecule has 0 atom stereocenters. The normalized spacial score (nSPS) is 14.0. The third kappa shape index (κ3) is 4.50. The van der Waals surface area contributed by atoms with E-state index in [2.05, 4.69) is 0 Å². The van der Waals surface area contributed by atoms with Crippen molar-refractivity contribution in [2.45, 2.75) is 6.92 Å². The second kappa shape index (κ2) is 9.22. The molecule has 0 bridgehead atoms. The Kier molecular flexibility index (Phi) is 6.69. The van der Waals surface area contributed by atoms with Crippen LogP contribution in [0, 0.1) is 0 Å². The molecule has 150 valence electrons. The smallest absolute Gasteiger partial charge is 0.338 e. The Balaban J connectivity index is 1.76. The summed E-state index contributed by atoms with van der Waals surface area (Å²) in [6.07, 6.45) is 0. The summed E-state index contributed by atoms with van der Waals surface area (Å²) < 4.78 is 10.2. The average Bonchev–Trinajstić information content (AvgIpc) is 2.95.